The number of nitrogens with zero attached hydrogens (tertiary/aromatic N) is 1. The van der Waals surface area contributed by atoms with Gasteiger partial charge in [0.1, 0.15) is 15.7 Å². The van der Waals surface area contributed by atoms with E-state index >= 15 is 0 Å². The molecular weight excluding hydrogens is 301 g/mol. The Morgan fingerprint density at radius 1 is 1.41 bits per heavy atom. The van der Waals surface area contributed by atoms with E-state index in [9.17, 15) is 9.18 Å². The number of carbonyl (C=O) groups excluding carboxylic acids is 1. The third-order valence-corrected chi connectivity index (χ3v) is 5.46. The molecular formula is C16H16FN3OS. The molecule has 2 aliphatic rings. The van der Waals surface area contributed by atoms with Crippen LogP contribution in [0.4, 0.5) is 4.39 Å². The zero-order valence-corrected chi connectivity index (χ0v) is 12.7. The normalized spacial score (nSPS) is 26.3. The lowest BCUT2D eigenvalue weighted by Gasteiger charge is -2.20. The molecule has 3 heterocycles. The molecule has 114 valence electrons. The van der Waals surface area contributed by atoms with Crippen LogP contribution in [0.1, 0.15) is 28.9 Å². The van der Waals surface area contributed by atoms with Crippen molar-refractivity contribution in [2.45, 2.75) is 37.4 Å². The zero-order valence-electron chi connectivity index (χ0n) is 11.9. The molecule has 0 spiro atoms. The first-order chi connectivity index (χ1) is 10.7. The van der Waals surface area contributed by atoms with Crippen molar-refractivity contribution in [2.24, 2.45) is 0 Å². The van der Waals surface area contributed by atoms with Crippen LogP contribution in [0.5, 0.6) is 0 Å². The van der Waals surface area contributed by atoms with Crippen LogP contribution in [0.25, 0.3) is 10.6 Å². The Morgan fingerprint density at radius 3 is 3.05 bits per heavy atom. The topological polar surface area (TPSA) is 54.0 Å². The maximum absolute atomic E-state index is 13.3. The second-order valence-electron chi connectivity index (χ2n) is 5.90. The Bertz CT molecular complexity index is 717. The first-order valence-corrected chi connectivity index (χ1v) is 8.29. The number of rotatable bonds is 3. The highest BCUT2D eigenvalue weighted by molar-refractivity contribution is 7.16. The largest absolute Gasteiger partial charge is 0.347 e. The monoisotopic (exact) mass is 317 g/mol. The van der Waals surface area contributed by atoms with Crippen molar-refractivity contribution < 1.29 is 9.18 Å². The molecule has 2 fully saturated rings. The number of aromatic nitrogens is 1. The van der Waals surface area contributed by atoms with Crippen LogP contribution in [0.3, 0.4) is 0 Å². The molecule has 4 nitrogen and oxygen atoms in total. The van der Waals surface area contributed by atoms with E-state index in [1.54, 1.807) is 18.3 Å². The van der Waals surface area contributed by atoms with Crippen LogP contribution in [-0.2, 0) is 0 Å². The lowest BCUT2D eigenvalue weighted by atomic mass is 9.95. The average Bonchev–Trinajstić information content (AvgIpc) is 3.23. The van der Waals surface area contributed by atoms with Gasteiger partial charge in [-0.2, -0.15) is 0 Å². The molecule has 2 bridgehead atoms. The molecule has 1 aromatic carbocycles. The van der Waals surface area contributed by atoms with Crippen molar-refractivity contribution in [2.75, 3.05) is 0 Å². The predicted molar refractivity (Wildman–Crippen MR) is 83.3 cm³/mol. The van der Waals surface area contributed by atoms with Gasteiger partial charge in [-0.25, -0.2) is 9.37 Å². The fourth-order valence-electron chi connectivity index (χ4n) is 3.36. The first-order valence-electron chi connectivity index (χ1n) is 7.48. The lowest BCUT2D eigenvalue weighted by Crippen LogP contribution is -2.42. The molecule has 0 saturated carbocycles. The van der Waals surface area contributed by atoms with Crippen molar-refractivity contribution >= 4 is 17.2 Å². The van der Waals surface area contributed by atoms with Crippen LogP contribution < -0.4 is 10.6 Å². The maximum Gasteiger partial charge on any atom is 0.263 e. The Kier molecular flexibility index (Phi) is 3.43. The van der Waals surface area contributed by atoms with E-state index in [-0.39, 0.29) is 17.8 Å². The van der Waals surface area contributed by atoms with Crippen molar-refractivity contribution in [3.63, 3.8) is 0 Å². The predicted octanol–water partition coefficient (Wildman–Crippen LogP) is 2.57. The van der Waals surface area contributed by atoms with Crippen LogP contribution in [0, 0.1) is 5.82 Å². The number of halogens is 1. The van der Waals surface area contributed by atoms with Crippen LogP contribution in [-0.4, -0.2) is 29.0 Å². The molecule has 0 aliphatic carbocycles. The Labute approximate surface area is 131 Å². The zero-order chi connectivity index (χ0) is 15.1. The van der Waals surface area contributed by atoms with Gasteiger partial charge in [0.15, 0.2) is 0 Å². The summed E-state index contributed by atoms with van der Waals surface area (Å²) in [7, 11) is 0. The molecule has 0 unspecified atom stereocenters. The minimum absolute atomic E-state index is 0.0838. The molecule has 22 heavy (non-hydrogen) atoms. The van der Waals surface area contributed by atoms with Gasteiger partial charge >= 0.3 is 0 Å². The Morgan fingerprint density at radius 2 is 2.32 bits per heavy atom. The molecule has 2 aromatic rings. The van der Waals surface area contributed by atoms with Crippen LogP contribution in [0.2, 0.25) is 0 Å². The smallest absolute Gasteiger partial charge is 0.263 e. The van der Waals surface area contributed by atoms with E-state index in [4.69, 9.17) is 0 Å². The number of nitrogens with one attached hydrogen (secondary N) is 2. The summed E-state index contributed by atoms with van der Waals surface area (Å²) in [5.41, 5.74) is 0.700. The number of hydrogen-bond donors (Lipinski definition) is 2. The van der Waals surface area contributed by atoms with Gasteiger partial charge in [0.2, 0.25) is 0 Å². The van der Waals surface area contributed by atoms with Crippen molar-refractivity contribution in [1.29, 1.82) is 0 Å². The molecule has 6 heteroatoms. The van der Waals surface area contributed by atoms with Gasteiger partial charge in [0, 0.05) is 23.7 Å². The highest BCUT2D eigenvalue weighted by Crippen LogP contribution is 2.29. The highest BCUT2D eigenvalue weighted by atomic mass is 32.1. The van der Waals surface area contributed by atoms with E-state index in [1.807, 2.05) is 0 Å². The van der Waals surface area contributed by atoms with Crippen molar-refractivity contribution in [1.82, 2.24) is 15.6 Å². The van der Waals surface area contributed by atoms with Crippen LogP contribution >= 0.6 is 11.3 Å². The molecule has 1 aromatic heterocycles. The molecule has 2 N–H and O–H groups in total. The van der Waals surface area contributed by atoms with Gasteiger partial charge < -0.3 is 10.6 Å². The highest BCUT2D eigenvalue weighted by Gasteiger charge is 2.39. The minimum atomic E-state index is -0.299. The summed E-state index contributed by atoms with van der Waals surface area (Å²) in [6.07, 6.45) is 4.92. The number of carbonyl (C=O) groups is 1. The maximum atomic E-state index is 13.3. The van der Waals surface area contributed by atoms with Gasteiger partial charge in [-0.15, -0.1) is 11.3 Å². The molecule has 1 amide bonds. The number of thiazole rings is 1. The van der Waals surface area contributed by atoms with Gasteiger partial charge in [-0.3, -0.25) is 4.79 Å². The van der Waals surface area contributed by atoms with E-state index < -0.39 is 0 Å². The summed E-state index contributed by atoms with van der Waals surface area (Å²) in [5.74, 6) is -0.383. The minimum Gasteiger partial charge on any atom is -0.347 e. The fraction of sp³-hybridized carbons (Fsp3) is 0.375. The molecule has 2 saturated heterocycles. The number of hydrogen-bond acceptors (Lipinski definition) is 4. The van der Waals surface area contributed by atoms with E-state index in [2.05, 4.69) is 15.6 Å². The summed E-state index contributed by atoms with van der Waals surface area (Å²) in [6.45, 7) is 0. The summed E-state index contributed by atoms with van der Waals surface area (Å²) >= 11 is 1.30. The number of fused-ring (bicyclic) bond motifs is 2. The van der Waals surface area contributed by atoms with Crippen LogP contribution in [0.15, 0.2) is 30.5 Å². The Balaban J connectivity index is 1.48. The fourth-order valence-corrected chi connectivity index (χ4v) is 4.17. The number of benzene rings is 1. The quantitative estimate of drug-likeness (QED) is 0.915. The van der Waals surface area contributed by atoms with E-state index in [1.165, 1.54) is 29.9 Å². The average molecular weight is 317 g/mol. The van der Waals surface area contributed by atoms with E-state index in [0.29, 0.717) is 27.5 Å². The standard InChI is InChI=1S/C16H16FN3OS/c17-10-3-1-2-9(6-10)16-18-8-14(22-16)15(21)20-13-7-11-4-5-12(13)19-11/h1-3,6,8,11-13,19H,4-5,7H2,(H,20,21)/t11-,12+,13-/m1/s1. The SMILES string of the molecule is O=C(N[C@@H]1C[C@H]2CC[C@@H]1N2)c1cnc(-c2cccc(F)c2)s1. The van der Waals surface area contributed by atoms with Crippen molar-refractivity contribution in [3.05, 3.63) is 41.2 Å². The number of amides is 1. The van der Waals surface area contributed by atoms with Gasteiger partial charge in [-0.05, 0) is 31.4 Å². The second-order valence-corrected chi connectivity index (χ2v) is 6.93. The summed E-state index contributed by atoms with van der Waals surface area (Å²) in [5, 5.41) is 7.26. The molecule has 3 atom stereocenters. The summed E-state index contributed by atoms with van der Waals surface area (Å²) < 4.78 is 13.3. The van der Waals surface area contributed by atoms with Gasteiger partial charge in [-0.1, -0.05) is 12.1 Å². The van der Waals surface area contributed by atoms with Gasteiger partial charge in [0.05, 0.1) is 6.20 Å². The lowest BCUT2D eigenvalue weighted by molar-refractivity contribution is 0.0935. The van der Waals surface area contributed by atoms with E-state index in [0.717, 1.165) is 12.8 Å². The third-order valence-electron chi connectivity index (χ3n) is 4.42. The van der Waals surface area contributed by atoms with Crippen molar-refractivity contribution in [3.8, 4) is 10.6 Å². The molecule has 2 aliphatic heterocycles. The second kappa shape index (κ2) is 5.44. The third kappa shape index (κ3) is 2.53. The summed E-state index contributed by atoms with van der Waals surface area (Å²) in [4.78, 5) is 17.2. The summed E-state index contributed by atoms with van der Waals surface area (Å²) in [6, 6.07) is 7.44. The Hall–Kier alpha value is -1.79. The molecule has 4 rings (SSSR count). The van der Waals surface area contributed by atoms with Gasteiger partial charge in [0.25, 0.3) is 5.91 Å². The molecule has 0 radical (unpaired) electrons. The first kappa shape index (κ1) is 13.8.